The van der Waals surface area contributed by atoms with Crippen molar-refractivity contribution in [2.45, 2.75) is 6.54 Å². The van der Waals surface area contributed by atoms with Crippen molar-refractivity contribution in [2.24, 2.45) is 5.73 Å². The molecule has 1 nitrogen and oxygen atoms in total. The zero-order valence-electron chi connectivity index (χ0n) is 8.28. The monoisotopic (exact) mass is 261 g/mol. The molecule has 0 aliphatic heterocycles. The highest BCUT2D eigenvalue weighted by molar-refractivity contribution is 9.10. The number of benzene rings is 2. The Balaban J connectivity index is 2.46. The predicted molar refractivity (Wildman–Crippen MR) is 67.5 cm³/mol. The number of halogens is 1. The van der Waals surface area contributed by atoms with Gasteiger partial charge in [-0.25, -0.2) is 0 Å². The summed E-state index contributed by atoms with van der Waals surface area (Å²) >= 11 is 3.57. The highest BCUT2D eigenvalue weighted by Gasteiger charge is 2.02. The van der Waals surface area contributed by atoms with Crippen molar-refractivity contribution < 1.29 is 0 Å². The van der Waals surface area contributed by atoms with E-state index >= 15 is 0 Å². The molecule has 0 spiro atoms. The van der Waals surface area contributed by atoms with E-state index in [4.69, 9.17) is 5.73 Å². The minimum atomic E-state index is 0.577. The van der Waals surface area contributed by atoms with Gasteiger partial charge in [-0.2, -0.15) is 0 Å². The molecule has 0 saturated carbocycles. The van der Waals surface area contributed by atoms with E-state index in [-0.39, 0.29) is 0 Å². The van der Waals surface area contributed by atoms with Gasteiger partial charge < -0.3 is 5.73 Å². The lowest BCUT2D eigenvalue weighted by Crippen LogP contribution is -1.95. The Hall–Kier alpha value is -1.12. The van der Waals surface area contributed by atoms with Crippen LogP contribution in [-0.4, -0.2) is 0 Å². The van der Waals surface area contributed by atoms with Gasteiger partial charge in [0, 0.05) is 11.0 Å². The smallest absolute Gasteiger partial charge is 0.0256 e. The second-order valence-electron chi connectivity index (χ2n) is 3.38. The van der Waals surface area contributed by atoms with Crippen molar-refractivity contribution in [3.05, 3.63) is 58.6 Å². The first-order chi connectivity index (χ1) is 7.31. The topological polar surface area (TPSA) is 26.0 Å². The molecule has 0 fully saturated rings. The van der Waals surface area contributed by atoms with E-state index in [9.17, 15) is 0 Å². The van der Waals surface area contributed by atoms with Crippen LogP contribution in [-0.2, 0) is 6.54 Å². The van der Waals surface area contributed by atoms with Gasteiger partial charge in [-0.1, -0.05) is 58.4 Å². The van der Waals surface area contributed by atoms with Crippen molar-refractivity contribution in [1.82, 2.24) is 0 Å². The molecule has 0 aliphatic carbocycles. The third-order valence-electron chi connectivity index (χ3n) is 2.35. The molecule has 2 aromatic rings. The lowest BCUT2D eigenvalue weighted by molar-refractivity contribution is 1.07. The van der Waals surface area contributed by atoms with Crippen molar-refractivity contribution in [3.63, 3.8) is 0 Å². The van der Waals surface area contributed by atoms with E-state index in [1.54, 1.807) is 0 Å². The Kier molecular flexibility index (Phi) is 3.19. The van der Waals surface area contributed by atoms with Crippen LogP contribution >= 0.6 is 15.9 Å². The summed E-state index contributed by atoms with van der Waals surface area (Å²) in [6, 6.07) is 16.5. The summed E-state index contributed by atoms with van der Waals surface area (Å²) in [7, 11) is 0. The molecule has 2 N–H and O–H groups in total. The molecule has 0 heterocycles. The van der Waals surface area contributed by atoms with Gasteiger partial charge in [0.2, 0.25) is 0 Å². The molecular formula is C13H12BrN. The number of hydrogen-bond acceptors (Lipinski definition) is 1. The first-order valence-corrected chi connectivity index (χ1v) is 5.64. The molecule has 0 aromatic heterocycles. The van der Waals surface area contributed by atoms with Gasteiger partial charge >= 0.3 is 0 Å². The fourth-order valence-electron chi connectivity index (χ4n) is 1.54. The van der Waals surface area contributed by atoms with Gasteiger partial charge in [0.1, 0.15) is 0 Å². The maximum atomic E-state index is 5.59. The maximum absolute atomic E-state index is 5.59. The summed E-state index contributed by atoms with van der Waals surface area (Å²) in [5.41, 5.74) is 9.14. The zero-order valence-corrected chi connectivity index (χ0v) is 9.87. The molecule has 0 radical (unpaired) electrons. The normalized spacial score (nSPS) is 10.3. The van der Waals surface area contributed by atoms with Crippen LogP contribution in [0.3, 0.4) is 0 Å². The van der Waals surface area contributed by atoms with E-state index in [1.807, 2.05) is 18.2 Å². The van der Waals surface area contributed by atoms with Crippen LogP contribution < -0.4 is 5.73 Å². The molecule has 2 aromatic carbocycles. The molecule has 2 heteroatoms. The third-order valence-corrected chi connectivity index (χ3v) is 3.01. The highest BCUT2D eigenvalue weighted by Crippen LogP contribution is 2.28. The lowest BCUT2D eigenvalue weighted by Gasteiger charge is -2.06. The summed E-state index contributed by atoms with van der Waals surface area (Å²) in [5, 5.41) is 0. The summed E-state index contributed by atoms with van der Waals surface area (Å²) < 4.78 is 1.09. The predicted octanol–water partition coefficient (Wildman–Crippen LogP) is 3.57. The van der Waals surface area contributed by atoms with Crippen LogP contribution in [0.15, 0.2) is 53.0 Å². The molecule has 76 valence electrons. The van der Waals surface area contributed by atoms with Crippen molar-refractivity contribution in [3.8, 4) is 11.1 Å². The molecule has 0 unspecified atom stereocenters. The summed E-state index contributed by atoms with van der Waals surface area (Å²) in [4.78, 5) is 0. The first-order valence-electron chi connectivity index (χ1n) is 4.85. The van der Waals surface area contributed by atoms with Crippen molar-refractivity contribution >= 4 is 15.9 Å². The Bertz CT molecular complexity index is 451. The molecule has 0 amide bonds. The SMILES string of the molecule is NCc1ccc(-c2ccccc2)c(Br)c1. The quantitative estimate of drug-likeness (QED) is 0.879. The van der Waals surface area contributed by atoms with E-state index < -0.39 is 0 Å². The molecule has 15 heavy (non-hydrogen) atoms. The van der Waals surface area contributed by atoms with Gasteiger partial charge in [-0.15, -0.1) is 0 Å². The third kappa shape index (κ3) is 2.28. The Morgan fingerprint density at radius 3 is 2.33 bits per heavy atom. The van der Waals surface area contributed by atoms with Gasteiger partial charge in [0.05, 0.1) is 0 Å². The molecule has 0 aliphatic rings. The van der Waals surface area contributed by atoms with Gasteiger partial charge in [-0.05, 0) is 22.8 Å². The number of hydrogen-bond donors (Lipinski definition) is 1. The van der Waals surface area contributed by atoms with E-state index in [2.05, 4.69) is 46.3 Å². The van der Waals surface area contributed by atoms with E-state index in [1.165, 1.54) is 11.1 Å². The second-order valence-corrected chi connectivity index (χ2v) is 4.24. The average Bonchev–Trinajstić information content (AvgIpc) is 2.30. The maximum Gasteiger partial charge on any atom is 0.0256 e. The average molecular weight is 262 g/mol. The first kappa shape index (κ1) is 10.4. The second kappa shape index (κ2) is 4.60. The highest BCUT2D eigenvalue weighted by atomic mass is 79.9. The Labute approximate surface area is 98.1 Å². The molecule has 2 rings (SSSR count). The summed E-state index contributed by atoms with van der Waals surface area (Å²) in [6.07, 6.45) is 0. The van der Waals surface area contributed by atoms with Crippen LogP contribution in [0.1, 0.15) is 5.56 Å². The fraction of sp³-hybridized carbons (Fsp3) is 0.0769. The molecule has 0 atom stereocenters. The number of nitrogens with two attached hydrogens (primary N) is 1. The summed E-state index contributed by atoms with van der Waals surface area (Å²) in [6.45, 7) is 0.577. The minimum absolute atomic E-state index is 0.577. The van der Waals surface area contributed by atoms with Crippen LogP contribution in [0.25, 0.3) is 11.1 Å². The van der Waals surface area contributed by atoms with Crippen LogP contribution in [0, 0.1) is 0 Å². The molecular weight excluding hydrogens is 250 g/mol. The van der Waals surface area contributed by atoms with E-state index in [0.29, 0.717) is 6.54 Å². The van der Waals surface area contributed by atoms with Gasteiger partial charge in [-0.3, -0.25) is 0 Å². The fourth-order valence-corrected chi connectivity index (χ4v) is 2.19. The zero-order chi connectivity index (χ0) is 10.7. The number of rotatable bonds is 2. The lowest BCUT2D eigenvalue weighted by atomic mass is 10.0. The van der Waals surface area contributed by atoms with Crippen molar-refractivity contribution in [2.75, 3.05) is 0 Å². The van der Waals surface area contributed by atoms with Crippen LogP contribution in [0.2, 0.25) is 0 Å². The molecule has 0 saturated heterocycles. The van der Waals surface area contributed by atoms with E-state index in [0.717, 1.165) is 10.0 Å². The summed E-state index contributed by atoms with van der Waals surface area (Å²) in [5.74, 6) is 0. The minimum Gasteiger partial charge on any atom is -0.326 e. The van der Waals surface area contributed by atoms with Crippen molar-refractivity contribution in [1.29, 1.82) is 0 Å². The van der Waals surface area contributed by atoms with Crippen LogP contribution in [0.4, 0.5) is 0 Å². The standard InChI is InChI=1S/C13H12BrN/c14-13-8-10(9-15)6-7-12(13)11-4-2-1-3-5-11/h1-8H,9,15H2. The van der Waals surface area contributed by atoms with Gasteiger partial charge in [0.25, 0.3) is 0 Å². The Morgan fingerprint density at radius 1 is 1.00 bits per heavy atom. The van der Waals surface area contributed by atoms with Gasteiger partial charge in [0.15, 0.2) is 0 Å². The molecule has 0 bridgehead atoms. The largest absolute Gasteiger partial charge is 0.326 e. The van der Waals surface area contributed by atoms with Crippen LogP contribution in [0.5, 0.6) is 0 Å². The Morgan fingerprint density at radius 2 is 1.73 bits per heavy atom.